The Balaban J connectivity index is 1.59. The van der Waals surface area contributed by atoms with E-state index in [4.69, 9.17) is 4.52 Å². The first-order valence-electron chi connectivity index (χ1n) is 8.88. The van der Waals surface area contributed by atoms with E-state index in [2.05, 4.69) is 10.5 Å². The van der Waals surface area contributed by atoms with Crippen LogP contribution in [-0.4, -0.2) is 61.0 Å². The van der Waals surface area contributed by atoms with Crippen LogP contribution in [0, 0.1) is 13.8 Å². The van der Waals surface area contributed by atoms with Gasteiger partial charge >= 0.3 is 6.03 Å². The highest BCUT2D eigenvalue weighted by atomic mass is 32.2. The first kappa shape index (κ1) is 18.2. The zero-order chi connectivity index (χ0) is 18.0. The molecule has 0 aromatic carbocycles. The molecule has 0 spiro atoms. The van der Waals surface area contributed by atoms with E-state index in [0.29, 0.717) is 24.5 Å². The number of hydrogen-bond donors (Lipinski definition) is 1. The Bertz CT molecular complexity index is 697. The summed E-state index contributed by atoms with van der Waals surface area (Å²) in [6, 6.07) is 0.173. The number of sulfonamides is 1. The number of nitrogens with zero attached hydrogens (tertiary/aromatic N) is 3. The molecule has 1 saturated carbocycles. The Kier molecular flexibility index (Phi) is 5.33. The van der Waals surface area contributed by atoms with E-state index in [1.807, 2.05) is 0 Å². The minimum absolute atomic E-state index is 0.0821. The average molecular weight is 370 g/mol. The molecule has 140 valence electrons. The molecule has 1 N–H and O–H groups in total. The SMILES string of the molecule is Cc1noc(C)c1S(=O)(=O)N1CCN(C(=O)NC2CCCCC2)CC1. The maximum atomic E-state index is 12.8. The number of urea groups is 1. The molecule has 25 heavy (non-hydrogen) atoms. The van der Waals surface area contributed by atoms with Crippen LogP contribution in [0.2, 0.25) is 0 Å². The quantitative estimate of drug-likeness (QED) is 0.873. The monoisotopic (exact) mass is 370 g/mol. The minimum Gasteiger partial charge on any atom is -0.360 e. The summed E-state index contributed by atoms with van der Waals surface area (Å²) in [5.41, 5.74) is 0.370. The van der Waals surface area contributed by atoms with E-state index in [1.165, 1.54) is 10.7 Å². The minimum atomic E-state index is -3.64. The highest BCUT2D eigenvalue weighted by Crippen LogP contribution is 2.24. The number of carbonyl (C=O) groups is 1. The summed E-state index contributed by atoms with van der Waals surface area (Å²) in [6.07, 6.45) is 5.63. The molecule has 2 fully saturated rings. The first-order valence-corrected chi connectivity index (χ1v) is 10.3. The zero-order valence-electron chi connectivity index (χ0n) is 14.8. The third-order valence-electron chi connectivity index (χ3n) is 5.02. The molecule has 9 heteroatoms. The molecule has 8 nitrogen and oxygen atoms in total. The lowest BCUT2D eigenvalue weighted by Gasteiger charge is -2.35. The fraction of sp³-hybridized carbons (Fsp3) is 0.750. The third-order valence-corrected chi connectivity index (χ3v) is 7.17. The summed E-state index contributed by atoms with van der Waals surface area (Å²) in [5, 5.41) is 6.81. The number of aryl methyl sites for hydroxylation is 2. The van der Waals surface area contributed by atoms with Crippen molar-refractivity contribution in [3.63, 3.8) is 0 Å². The fourth-order valence-corrected chi connectivity index (χ4v) is 5.33. The van der Waals surface area contributed by atoms with Crippen molar-refractivity contribution in [3.05, 3.63) is 11.5 Å². The van der Waals surface area contributed by atoms with Crippen LogP contribution in [0.5, 0.6) is 0 Å². The van der Waals surface area contributed by atoms with Crippen LogP contribution in [0.4, 0.5) is 4.79 Å². The maximum absolute atomic E-state index is 12.8. The highest BCUT2D eigenvalue weighted by molar-refractivity contribution is 7.89. The molecule has 3 rings (SSSR count). The van der Waals surface area contributed by atoms with E-state index in [-0.39, 0.29) is 30.1 Å². The number of piperazine rings is 1. The summed E-state index contributed by atoms with van der Waals surface area (Å²) >= 11 is 0. The molecular weight excluding hydrogens is 344 g/mol. The van der Waals surface area contributed by atoms with E-state index in [9.17, 15) is 13.2 Å². The summed E-state index contributed by atoms with van der Waals surface area (Å²) < 4.78 is 32.0. The summed E-state index contributed by atoms with van der Waals surface area (Å²) in [5.74, 6) is 0.301. The van der Waals surface area contributed by atoms with Crippen LogP contribution < -0.4 is 5.32 Å². The number of aromatic nitrogens is 1. The zero-order valence-corrected chi connectivity index (χ0v) is 15.6. The lowest BCUT2D eigenvalue weighted by Crippen LogP contribution is -2.54. The lowest BCUT2D eigenvalue weighted by molar-refractivity contribution is 0.166. The van der Waals surface area contributed by atoms with Crippen molar-refractivity contribution in [1.29, 1.82) is 0 Å². The van der Waals surface area contributed by atoms with Gasteiger partial charge in [-0.15, -0.1) is 0 Å². The molecular formula is C16H26N4O4S. The molecule has 1 aromatic rings. The molecule has 2 aliphatic rings. The summed E-state index contributed by atoms with van der Waals surface area (Å²) in [7, 11) is -3.64. The van der Waals surface area contributed by atoms with Crippen LogP contribution >= 0.6 is 0 Å². The van der Waals surface area contributed by atoms with Gasteiger partial charge in [0.2, 0.25) is 10.0 Å². The summed E-state index contributed by atoms with van der Waals surface area (Å²) in [4.78, 5) is 14.2. The molecule has 0 atom stereocenters. The molecule has 0 radical (unpaired) electrons. The standard InChI is InChI=1S/C16H26N4O4S/c1-12-15(13(2)24-18-12)25(22,23)20-10-8-19(9-11-20)16(21)17-14-6-4-3-5-7-14/h14H,3-11H2,1-2H3,(H,17,21). The van der Waals surface area contributed by atoms with Gasteiger partial charge in [0, 0.05) is 32.2 Å². The van der Waals surface area contributed by atoms with Crippen molar-refractivity contribution in [2.45, 2.75) is 56.9 Å². The van der Waals surface area contributed by atoms with Gasteiger partial charge in [-0.1, -0.05) is 24.4 Å². The average Bonchev–Trinajstić information content (AvgIpc) is 2.95. The van der Waals surface area contributed by atoms with Crippen LogP contribution in [0.3, 0.4) is 0 Å². The molecule has 0 bridgehead atoms. The molecule has 1 aliphatic carbocycles. The third kappa shape index (κ3) is 3.82. The van der Waals surface area contributed by atoms with Gasteiger partial charge in [0.1, 0.15) is 10.6 Å². The second-order valence-corrected chi connectivity index (χ2v) is 8.70. The van der Waals surface area contributed by atoms with Crippen LogP contribution in [-0.2, 0) is 10.0 Å². The van der Waals surface area contributed by atoms with Crippen LogP contribution in [0.25, 0.3) is 0 Å². The largest absolute Gasteiger partial charge is 0.360 e. The molecule has 1 saturated heterocycles. The van der Waals surface area contributed by atoms with E-state index >= 15 is 0 Å². The Hall–Kier alpha value is -1.61. The summed E-state index contributed by atoms with van der Waals surface area (Å²) in [6.45, 7) is 4.56. The van der Waals surface area contributed by atoms with Crippen molar-refractivity contribution < 1.29 is 17.7 Å². The number of carbonyl (C=O) groups excluding carboxylic acids is 1. The molecule has 0 unspecified atom stereocenters. The van der Waals surface area contributed by atoms with E-state index < -0.39 is 10.0 Å². The smallest absolute Gasteiger partial charge is 0.317 e. The number of amides is 2. The molecule has 2 heterocycles. The van der Waals surface area contributed by atoms with Crippen molar-refractivity contribution in [1.82, 2.24) is 19.7 Å². The Morgan fingerprint density at radius 2 is 1.76 bits per heavy atom. The number of rotatable bonds is 3. The topological polar surface area (TPSA) is 95.8 Å². The van der Waals surface area contributed by atoms with Gasteiger partial charge in [-0.3, -0.25) is 0 Å². The fourth-order valence-electron chi connectivity index (χ4n) is 3.62. The molecule has 1 aromatic heterocycles. The Morgan fingerprint density at radius 1 is 1.12 bits per heavy atom. The predicted molar refractivity (Wildman–Crippen MR) is 91.7 cm³/mol. The molecule has 1 aliphatic heterocycles. The van der Waals surface area contributed by atoms with Crippen molar-refractivity contribution >= 4 is 16.1 Å². The van der Waals surface area contributed by atoms with Crippen molar-refractivity contribution in [2.75, 3.05) is 26.2 Å². The van der Waals surface area contributed by atoms with Crippen molar-refractivity contribution in [2.24, 2.45) is 0 Å². The predicted octanol–water partition coefficient (Wildman–Crippen LogP) is 1.64. The Morgan fingerprint density at radius 3 is 2.32 bits per heavy atom. The number of nitrogens with one attached hydrogen (secondary N) is 1. The number of hydrogen-bond acceptors (Lipinski definition) is 5. The van der Waals surface area contributed by atoms with Crippen LogP contribution in [0.15, 0.2) is 9.42 Å². The van der Waals surface area contributed by atoms with Crippen molar-refractivity contribution in [3.8, 4) is 0 Å². The molecule has 2 amide bonds. The van der Waals surface area contributed by atoms with Gasteiger partial charge in [-0.05, 0) is 26.7 Å². The van der Waals surface area contributed by atoms with Crippen LogP contribution in [0.1, 0.15) is 43.6 Å². The first-order chi connectivity index (χ1) is 11.9. The van der Waals surface area contributed by atoms with Gasteiger partial charge in [0.15, 0.2) is 5.76 Å². The second kappa shape index (κ2) is 7.33. The second-order valence-electron chi connectivity index (χ2n) is 6.83. The van der Waals surface area contributed by atoms with Gasteiger partial charge in [0.05, 0.1) is 0 Å². The Labute approximate surface area is 148 Å². The highest BCUT2D eigenvalue weighted by Gasteiger charge is 2.34. The van der Waals surface area contributed by atoms with Gasteiger partial charge in [-0.25, -0.2) is 13.2 Å². The van der Waals surface area contributed by atoms with Gasteiger partial charge in [-0.2, -0.15) is 4.31 Å². The van der Waals surface area contributed by atoms with E-state index in [1.54, 1.807) is 18.7 Å². The lowest BCUT2D eigenvalue weighted by atomic mass is 9.96. The van der Waals surface area contributed by atoms with Gasteiger partial charge < -0.3 is 14.7 Å². The van der Waals surface area contributed by atoms with Gasteiger partial charge in [0.25, 0.3) is 0 Å². The normalized spacial score (nSPS) is 20.6. The maximum Gasteiger partial charge on any atom is 0.317 e. The van der Waals surface area contributed by atoms with E-state index in [0.717, 1.165) is 25.7 Å².